The molecule has 10 heteroatoms. The maximum absolute atomic E-state index is 13.1. The number of ketones is 1. The fourth-order valence-electron chi connectivity index (χ4n) is 6.19. The number of anilines is 1. The van der Waals surface area contributed by atoms with Gasteiger partial charge in [0.25, 0.3) is 5.91 Å². The molecule has 7 rings (SSSR count). The lowest BCUT2D eigenvalue weighted by molar-refractivity contribution is 0.0940. The predicted octanol–water partition coefficient (Wildman–Crippen LogP) is 6.92. The molecule has 0 saturated carbocycles. The highest BCUT2D eigenvalue weighted by Crippen LogP contribution is 2.40. The van der Waals surface area contributed by atoms with E-state index in [4.69, 9.17) is 5.10 Å². The Morgan fingerprint density at radius 3 is 1.71 bits per heavy atom. The van der Waals surface area contributed by atoms with Crippen molar-refractivity contribution in [3.8, 4) is 11.4 Å². The standard InChI is InChI=1S/C42H33N7O3/c50-38(30-16-5-1-6-17-30)36-26-13-14-27-37(36)40(51)43-29-44-41(52)45-35-25-15-18-31(28-35)39-46-48-49(47-39)42(32-19-7-2-8-20-32,33-21-9-3-10-22-33)34-23-11-4-12-24-34/h1-28H,29H2,(H,43,51)(H2,44,45,52). The molecular formula is C42H33N7O3. The van der Waals surface area contributed by atoms with E-state index < -0.39 is 17.5 Å². The topological polar surface area (TPSA) is 131 Å². The SMILES string of the molecule is O=C(NCNC(=O)c1ccccc1C(=O)c1ccccc1)Nc1cccc(-c2nnn(C(c3ccccc3)(c3ccccc3)c3ccccc3)n2)c1. The molecule has 0 radical (unpaired) electrons. The van der Waals surface area contributed by atoms with Gasteiger partial charge < -0.3 is 16.0 Å². The second-order valence-corrected chi connectivity index (χ2v) is 11.8. The first-order valence-corrected chi connectivity index (χ1v) is 16.6. The molecule has 0 saturated heterocycles. The summed E-state index contributed by atoms with van der Waals surface area (Å²) in [6.07, 6.45) is 0. The average molecular weight is 684 g/mol. The highest BCUT2D eigenvalue weighted by molar-refractivity contribution is 6.15. The average Bonchev–Trinajstić information content (AvgIpc) is 3.70. The second-order valence-electron chi connectivity index (χ2n) is 11.8. The van der Waals surface area contributed by atoms with Gasteiger partial charge in [0.05, 0.1) is 12.2 Å². The molecule has 0 aliphatic carbocycles. The largest absolute Gasteiger partial charge is 0.335 e. The number of nitrogens with one attached hydrogen (secondary N) is 3. The van der Waals surface area contributed by atoms with Gasteiger partial charge in [-0.25, -0.2) is 4.79 Å². The third-order valence-electron chi connectivity index (χ3n) is 8.62. The lowest BCUT2D eigenvalue weighted by Crippen LogP contribution is -2.39. The molecule has 0 unspecified atom stereocenters. The zero-order chi connectivity index (χ0) is 35.8. The van der Waals surface area contributed by atoms with E-state index in [2.05, 4.69) is 62.7 Å². The molecule has 1 heterocycles. The number of carbonyl (C=O) groups is 3. The number of benzene rings is 6. The lowest BCUT2D eigenvalue weighted by Gasteiger charge is -2.34. The van der Waals surface area contributed by atoms with E-state index in [1.807, 2.05) is 66.7 Å². The molecule has 6 aromatic carbocycles. The van der Waals surface area contributed by atoms with Crippen molar-refractivity contribution in [1.29, 1.82) is 0 Å². The first-order chi connectivity index (χ1) is 25.5. The zero-order valence-electron chi connectivity index (χ0n) is 27.9. The molecule has 7 aromatic rings. The second kappa shape index (κ2) is 15.1. The smallest absolute Gasteiger partial charge is 0.320 e. The Labute approximate surface area is 300 Å². The normalized spacial score (nSPS) is 11.0. The third kappa shape index (κ3) is 6.81. The van der Waals surface area contributed by atoms with Crippen molar-refractivity contribution in [1.82, 2.24) is 30.8 Å². The minimum atomic E-state index is -0.926. The number of hydrogen-bond acceptors (Lipinski definition) is 6. The van der Waals surface area contributed by atoms with Gasteiger partial charge in [0, 0.05) is 22.4 Å². The van der Waals surface area contributed by atoms with Gasteiger partial charge in [-0.05, 0) is 40.1 Å². The Morgan fingerprint density at radius 1 is 0.577 bits per heavy atom. The Morgan fingerprint density at radius 2 is 1.12 bits per heavy atom. The van der Waals surface area contributed by atoms with Crippen molar-refractivity contribution in [3.05, 3.63) is 203 Å². The monoisotopic (exact) mass is 683 g/mol. The van der Waals surface area contributed by atoms with Crippen LogP contribution < -0.4 is 16.0 Å². The van der Waals surface area contributed by atoms with Crippen LogP contribution in [0.15, 0.2) is 170 Å². The zero-order valence-corrected chi connectivity index (χ0v) is 27.9. The number of rotatable bonds is 11. The van der Waals surface area contributed by atoms with Crippen molar-refractivity contribution in [2.75, 3.05) is 12.0 Å². The van der Waals surface area contributed by atoms with Gasteiger partial charge in [0.1, 0.15) is 0 Å². The van der Waals surface area contributed by atoms with Crippen molar-refractivity contribution < 1.29 is 14.4 Å². The van der Waals surface area contributed by atoms with Crippen molar-refractivity contribution in [2.45, 2.75) is 5.54 Å². The van der Waals surface area contributed by atoms with Gasteiger partial charge in [-0.3, -0.25) is 9.59 Å². The highest BCUT2D eigenvalue weighted by atomic mass is 16.2. The number of aromatic nitrogens is 4. The molecule has 0 spiro atoms. The van der Waals surface area contributed by atoms with Crippen LogP contribution in [0.3, 0.4) is 0 Å². The summed E-state index contributed by atoms with van der Waals surface area (Å²) in [6.45, 7) is -0.172. The van der Waals surface area contributed by atoms with Gasteiger partial charge >= 0.3 is 6.03 Å². The van der Waals surface area contributed by atoms with E-state index in [-0.39, 0.29) is 23.6 Å². The molecule has 0 fully saturated rings. The van der Waals surface area contributed by atoms with Crippen molar-refractivity contribution in [2.24, 2.45) is 0 Å². The molecule has 0 aliphatic rings. The molecule has 3 amide bonds. The van der Waals surface area contributed by atoms with Crippen LogP contribution >= 0.6 is 0 Å². The molecule has 0 bridgehead atoms. The Balaban J connectivity index is 1.07. The minimum absolute atomic E-state index is 0.172. The van der Waals surface area contributed by atoms with Gasteiger partial charge in [-0.1, -0.05) is 152 Å². The van der Waals surface area contributed by atoms with E-state index in [9.17, 15) is 14.4 Å². The molecule has 10 nitrogen and oxygen atoms in total. The molecule has 0 atom stereocenters. The van der Waals surface area contributed by atoms with Crippen LogP contribution in [0, 0.1) is 0 Å². The van der Waals surface area contributed by atoms with Gasteiger partial charge in [0.2, 0.25) is 5.82 Å². The highest BCUT2D eigenvalue weighted by Gasteiger charge is 2.41. The fraction of sp³-hybridized carbons (Fsp3) is 0.0476. The number of amides is 3. The third-order valence-corrected chi connectivity index (χ3v) is 8.62. The quantitative estimate of drug-likeness (QED) is 0.0771. The summed E-state index contributed by atoms with van der Waals surface area (Å²) in [5.74, 6) is -0.390. The molecular weight excluding hydrogens is 651 g/mol. The molecule has 0 aliphatic heterocycles. The predicted molar refractivity (Wildman–Crippen MR) is 199 cm³/mol. The number of urea groups is 1. The fourth-order valence-corrected chi connectivity index (χ4v) is 6.19. The first-order valence-electron chi connectivity index (χ1n) is 16.6. The molecule has 3 N–H and O–H groups in total. The number of nitrogens with zero attached hydrogens (tertiary/aromatic N) is 4. The van der Waals surface area contributed by atoms with Crippen molar-refractivity contribution >= 4 is 23.4 Å². The Bertz CT molecular complexity index is 2220. The number of tetrazole rings is 1. The van der Waals surface area contributed by atoms with Crippen LogP contribution in [0.1, 0.15) is 43.0 Å². The summed E-state index contributed by atoms with van der Waals surface area (Å²) >= 11 is 0. The van der Waals surface area contributed by atoms with E-state index in [1.54, 1.807) is 71.5 Å². The Kier molecular flexibility index (Phi) is 9.70. The summed E-state index contributed by atoms with van der Waals surface area (Å²) in [7, 11) is 0. The van der Waals surface area contributed by atoms with Crippen LogP contribution in [0.5, 0.6) is 0 Å². The van der Waals surface area contributed by atoms with Gasteiger partial charge in [-0.15, -0.1) is 15.0 Å². The summed E-state index contributed by atoms with van der Waals surface area (Å²) in [4.78, 5) is 40.6. The number of hydrogen-bond donors (Lipinski definition) is 3. The molecule has 254 valence electrons. The summed E-state index contributed by atoms with van der Waals surface area (Å²) in [5, 5.41) is 22.1. The van der Waals surface area contributed by atoms with E-state index in [1.165, 1.54) is 0 Å². The van der Waals surface area contributed by atoms with Crippen LogP contribution in [-0.2, 0) is 5.54 Å². The van der Waals surface area contributed by atoms with Gasteiger partial charge in [0.15, 0.2) is 11.3 Å². The maximum atomic E-state index is 13.1. The summed E-state index contributed by atoms with van der Waals surface area (Å²) in [5.41, 5.74) is 4.03. The van der Waals surface area contributed by atoms with Crippen LogP contribution in [0.25, 0.3) is 11.4 Å². The summed E-state index contributed by atoms with van der Waals surface area (Å²) < 4.78 is 0. The summed E-state index contributed by atoms with van der Waals surface area (Å²) in [6, 6.07) is 52.1. The first kappa shape index (κ1) is 33.3. The van der Waals surface area contributed by atoms with Gasteiger partial charge in [-0.2, -0.15) is 0 Å². The lowest BCUT2D eigenvalue weighted by atomic mass is 9.77. The maximum Gasteiger partial charge on any atom is 0.320 e. The molecule has 52 heavy (non-hydrogen) atoms. The van der Waals surface area contributed by atoms with E-state index >= 15 is 0 Å². The van der Waals surface area contributed by atoms with E-state index in [0.717, 1.165) is 16.7 Å². The Hall–Kier alpha value is -7.20. The van der Waals surface area contributed by atoms with Crippen LogP contribution in [-0.4, -0.2) is 44.6 Å². The van der Waals surface area contributed by atoms with E-state index in [0.29, 0.717) is 22.6 Å². The van der Waals surface area contributed by atoms with Crippen LogP contribution in [0.2, 0.25) is 0 Å². The van der Waals surface area contributed by atoms with Crippen LogP contribution in [0.4, 0.5) is 10.5 Å². The number of carbonyl (C=O) groups excluding carboxylic acids is 3. The minimum Gasteiger partial charge on any atom is -0.335 e. The van der Waals surface area contributed by atoms with Crippen molar-refractivity contribution in [3.63, 3.8) is 0 Å². The molecule has 1 aromatic heterocycles.